The molecule has 1 atom stereocenters. The van der Waals surface area contributed by atoms with Gasteiger partial charge in [-0.25, -0.2) is 13.8 Å². The maximum atomic E-state index is 15.7. The van der Waals surface area contributed by atoms with Gasteiger partial charge in [0.2, 0.25) is 11.8 Å². The van der Waals surface area contributed by atoms with E-state index in [1.165, 1.54) is 64.1 Å². The summed E-state index contributed by atoms with van der Waals surface area (Å²) in [6, 6.07) is 10.7. The lowest BCUT2D eigenvalue weighted by atomic mass is 10.00. The molecular formula is C41H46ClF2N10O4+. The molecule has 2 aromatic carbocycles. The first-order chi connectivity index (χ1) is 27.7. The van der Waals surface area contributed by atoms with Gasteiger partial charge in [-0.05, 0) is 49.7 Å². The number of quaternary nitrogens is 1. The van der Waals surface area contributed by atoms with E-state index in [4.69, 9.17) is 11.6 Å². The Balaban J connectivity index is 1.08. The van der Waals surface area contributed by atoms with Gasteiger partial charge in [0, 0.05) is 80.3 Å². The zero-order valence-corrected chi connectivity index (χ0v) is 33.7. The van der Waals surface area contributed by atoms with Crippen molar-refractivity contribution < 1.29 is 32.9 Å². The molecule has 0 aliphatic carbocycles. The molecule has 4 amide bonds. The van der Waals surface area contributed by atoms with Crippen LogP contribution in [-0.4, -0.2) is 105 Å². The molecule has 0 spiro atoms. The van der Waals surface area contributed by atoms with Crippen molar-refractivity contribution in [3.8, 4) is 22.4 Å². The number of pyridine rings is 1. The van der Waals surface area contributed by atoms with Crippen LogP contribution in [0.25, 0.3) is 22.4 Å². The van der Waals surface area contributed by atoms with Crippen LogP contribution in [0.15, 0.2) is 67.3 Å². The molecule has 3 aromatic heterocycles. The number of imidazole rings is 1. The quantitative estimate of drug-likeness (QED) is 0.160. The first-order valence-corrected chi connectivity index (χ1v) is 19.4. The minimum absolute atomic E-state index is 0.0389. The molecule has 1 saturated heterocycles. The number of nitrogens with zero attached hydrogens (tertiary/aromatic N) is 7. The summed E-state index contributed by atoms with van der Waals surface area (Å²) in [6.45, 7) is 6.03. The van der Waals surface area contributed by atoms with E-state index in [0.29, 0.717) is 48.8 Å². The van der Waals surface area contributed by atoms with Gasteiger partial charge in [-0.15, -0.1) is 0 Å². The van der Waals surface area contributed by atoms with Crippen LogP contribution in [-0.2, 0) is 23.2 Å². The fourth-order valence-corrected chi connectivity index (χ4v) is 7.21. The number of hydrogen-bond acceptors (Lipinski definition) is 7. The third kappa shape index (κ3) is 9.24. The fourth-order valence-electron chi connectivity index (χ4n) is 6.95. The molecule has 1 fully saturated rings. The number of aromatic nitrogens is 5. The summed E-state index contributed by atoms with van der Waals surface area (Å²) < 4.78 is 34.1. The van der Waals surface area contributed by atoms with E-state index in [9.17, 15) is 19.2 Å². The number of anilines is 2. The highest BCUT2D eigenvalue weighted by molar-refractivity contribution is 6.34. The van der Waals surface area contributed by atoms with Crippen LogP contribution in [0.4, 0.5) is 20.2 Å². The number of nitrogens with one attached hydrogen (secondary N) is 3. The maximum absolute atomic E-state index is 15.7. The largest absolute Gasteiger partial charge is 0.340 e. The highest BCUT2D eigenvalue weighted by Crippen LogP contribution is 2.33. The second kappa shape index (κ2) is 18.1. The number of piperazine rings is 1. The van der Waals surface area contributed by atoms with Gasteiger partial charge < -0.3 is 29.9 Å². The lowest BCUT2D eigenvalue weighted by Gasteiger charge is -2.36. The van der Waals surface area contributed by atoms with Crippen molar-refractivity contribution in [2.75, 3.05) is 57.5 Å². The second-order valence-corrected chi connectivity index (χ2v) is 15.0. The number of rotatable bonds is 13. The fraction of sp³-hybridized carbons (Fsp3) is 0.341. The molecule has 0 saturated carbocycles. The van der Waals surface area contributed by atoms with Crippen LogP contribution in [0.2, 0.25) is 5.02 Å². The minimum Gasteiger partial charge on any atom is -0.340 e. The zero-order chi connectivity index (χ0) is 41.7. The van der Waals surface area contributed by atoms with Crippen molar-refractivity contribution in [3.05, 3.63) is 101 Å². The summed E-state index contributed by atoms with van der Waals surface area (Å²) in [7, 11) is 5.64. The minimum atomic E-state index is -1.15. The number of benzene rings is 2. The van der Waals surface area contributed by atoms with E-state index in [-0.39, 0.29) is 63.4 Å². The standard InChI is InChI=1S/C41H45ClF2N10O4/c1-6-26(13-15-50(3)4)40(57)52-16-18-53(19-17-52)41(58)30-10-9-27(20-33(30)42)48-39(56)38-46-22-34(51(38)5)31-12-11-29(36(43)37(31)44)32-23-54(49-25(32)2)24-35(55)47-28-8-7-14-45-21-28/h7-12,14,20-23,26H,6,13,15-19,24H2,1-5H3,(H,47,55)(H,48,56)/p+1. The van der Waals surface area contributed by atoms with Crippen LogP contribution in [0.5, 0.6) is 0 Å². The normalized spacial score (nSPS) is 13.5. The third-order valence-electron chi connectivity index (χ3n) is 10.2. The number of hydrogen-bond donors (Lipinski definition) is 3. The number of aryl methyl sites for hydroxylation is 1. The number of carbonyl (C=O) groups excluding carboxylic acids is 4. The van der Waals surface area contributed by atoms with E-state index in [2.05, 4.69) is 39.8 Å². The van der Waals surface area contributed by atoms with Crippen molar-refractivity contribution in [3.63, 3.8) is 0 Å². The first kappa shape index (κ1) is 41.6. The number of halogens is 3. The van der Waals surface area contributed by atoms with Gasteiger partial charge >= 0.3 is 0 Å². The molecule has 3 N–H and O–H groups in total. The average Bonchev–Trinajstić information content (AvgIpc) is 3.76. The molecule has 17 heteroatoms. The third-order valence-corrected chi connectivity index (χ3v) is 10.5. The number of carbonyl (C=O) groups is 4. The molecule has 5 aromatic rings. The highest BCUT2D eigenvalue weighted by Gasteiger charge is 2.30. The van der Waals surface area contributed by atoms with Crippen LogP contribution in [0.1, 0.15) is 46.4 Å². The smallest absolute Gasteiger partial charge is 0.291 e. The van der Waals surface area contributed by atoms with Gasteiger partial charge in [0.25, 0.3) is 11.8 Å². The van der Waals surface area contributed by atoms with Crippen LogP contribution in [0.3, 0.4) is 0 Å². The topological polar surface area (TPSA) is 152 Å². The van der Waals surface area contributed by atoms with Gasteiger partial charge in [-0.1, -0.05) is 24.6 Å². The van der Waals surface area contributed by atoms with Crippen molar-refractivity contribution in [2.45, 2.75) is 33.2 Å². The van der Waals surface area contributed by atoms with Gasteiger partial charge in [-0.2, -0.15) is 5.10 Å². The Bertz CT molecular complexity index is 2320. The predicted molar refractivity (Wildman–Crippen MR) is 215 cm³/mol. The Kier molecular flexibility index (Phi) is 13.0. The number of amides is 4. The predicted octanol–water partition coefficient (Wildman–Crippen LogP) is 4.32. The van der Waals surface area contributed by atoms with Crippen LogP contribution < -0.4 is 15.5 Å². The molecule has 14 nitrogen and oxygen atoms in total. The lowest BCUT2D eigenvalue weighted by Crippen LogP contribution is -3.05. The van der Waals surface area contributed by atoms with E-state index in [0.717, 1.165) is 19.4 Å². The molecule has 58 heavy (non-hydrogen) atoms. The average molecular weight is 816 g/mol. The van der Waals surface area contributed by atoms with Gasteiger partial charge in [0.15, 0.2) is 17.5 Å². The van der Waals surface area contributed by atoms with Crippen LogP contribution >= 0.6 is 11.6 Å². The molecule has 6 rings (SSSR count). The Morgan fingerprint density at radius 2 is 1.62 bits per heavy atom. The maximum Gasteiger partial charge on any atom is 0.291 e. The summed E-state index contributed by atoms with van der Waals surface area (Å²) in [5, 5.41) is 9.85. The molecule has 1 aliphatic rings. The van der Waals surface area contributed by atoms with E-state index in [1.807, 2.05) is 11.8 Å². The Morgan fingerprint density at radius 1 is 0.914 bits per heavy atom. The van der Waals surface area contributed by atoms with Gasteiger partial charge in [0.1, 0.15) is 6.54 Å². The summed E-state index contributed by atoms with van der Waals surface area (Å²) >= 11 is 6.55. The lowest BCUT2D eigenvalue weighted by molar-refractivity contribution is -0.858. The van der Waals surface area contributed by atoms with E-state index >= 15 is 8.78 Å². The van der Waals surface area contributed by atoms with Crippen molar-refractivity contribution in [2.24, 2.45) is 13.0 Å². The molecule has 0 bridgehead atoms. The summed E-state index contributed by atoms with van der Waals surface area (Å²) in [4.78, 5) is 65.4. The van der Waals surface area contributed by atoms with Crippen LogP contribution in [0, 0.1) is 24.5 Å². The Hall–Kier alpha value is -6.00. The van der Waals surface area contributed by atoms with Crippen molar-refractivity contribution >= 4 is 46.6 Å². The molecular weight excluding hydrogens is 770 g/mol. The molecule has 1 aliphatic heterocycles. The van der Waals surface area contributed by atoms with E-state index < -0.39 is 17.5 Å². The Labute approximate surface area is 339 Å². The first-order valence-electron chi connectivity index (χ1n) is 19.0. The molecule has 0 radical (unpaired) electrons. The molecule has 1 unspecified atom stereocenters. The monoisotopic (exact) mass is 815 g/mol. The van der Waals surface area contributed by atoms with E-state index in [1.54, 1.807) is 36.2 Å². The van der Waals surface area contributed by atoms with Gasteiger partial charge in [-0.3, -0.25) is 28.8 Å². The Morgan fingerprint density at radius 3 is 2.29 bits per heavy atom. The summed E-state index contributed by atoms with van der Waals surface area (Å²) in [5.74, 6) is -3.58. The molecule has 304 valence electrons. The second-order valence-electron chi connectivity index (χ2n) is 14.5. The summed E-state index contributed by atoms with van der Waals surface area (Å²) in [5.41, 5.74) is 1.73. The SMILES string of the molecule is CCC(CC[NH+](C)C)C(=O)N1CCN(C(=O)c2ccc(NC(=O)c3ncc(-c4ccc(-c5cn(CC(=O)Nc6cccnc6)nc5C)c(F)c4F)n3C)cc2Cl)CC1. The highest BCUT2D eigenvalue weighted by atomic mass is 35.5. The zero-order valence-electron chi connectivity index (χ0n) is 33.0. The van der Waals surface area contributed by atoms with Crippen molar-refractivity contribution in [1.29, 1.82) is 0 Å². The van der Waals surface area contributed by atoms with Gasteiger partial charge in [0.05, 0.1) is 60.7 Å². The molecule has 4 heterocycles. The van der Waals surface area contributed by atoms with Crippen molar-refractivity contribution in [1.82, 2.24) is 34.1 Å². The summed E-state index contributed by atoms with van der Waals surface area (Å²) in [6.07, 6.45) is 7.41.